The Balaban J connectivity index is 1.97. The number of carbonyl (C=O) groups is 1. The molecule has 1 unspecified atom stereocenters. The van der Waals surface area contributed by atoms with E-state index in [2.05, 4.69) is 4.99 Å². The van der Waals surface area contributed by atoms with Crippen molar-refractivity contribution in [1.82, 2.24) is 0 Å². The quantitative estimate of drug-likeness (QED) is 0.225. The Morgan fingerprint density at radius 3 is 2.69 bits per heavy atom. The number of nitro groups is 1. The summed E-state index contributed by atoms with van der Waals surface area (Å²) in [5, 5.41) is 11.5. The molecule has 168 valence electrons. The van der Waals surface area contributed by atoms with Crippen LogP contribution in [0.5, 0.6) is 11.5 Å². The molecule has 9 heteroatoms. The minimum Gasteiger partial charge on any atom is -0.490 e. The second-order valence-electron chi connectivity index (χ2n) is 7.19. The highest BCUT2D eigenvalue weighted by atomic mass is 35.5. The van der Waals surface area contributed by atoms with Gasteiger partial charge in [0.05, 0.1) is 22.7 Å². The predicted molar refractivity (Wildman–Crippen MR) is 121 cm³/mol. The Labute approximate surface area is 190 Å². The average molecular weight is 459 g/mol. The summed E-state index contributed by atoms with van der Waals surface area (Å²) in [7, 11) is 0. The molecule has 1 heterocycles. The maximum atomic E-state index is 12.4. The van der Waals surface area contributed by atoms with Crippen LogP contribution in [0.3, 0.4) is 0 Å². The third-order valence-corrected chi connectivity index (χ3v) is 5.08. The van der Waals surface area contributed by atoms with Crippen LogP contribution in [0.15, 0.2) is 41.0 Å². The Bertz CT molecular complexity index is 1130. The van der Waals surface area contributed by atoms with E-state index in [4.69, 9.17) is 25.8 Å². The maximum absolute atomic E-state index is 12.4. The van der Waals surface area contributed by atoms with E-state index in [0.29, 0.717) is 39.8 Å². The number of nitrogens with zero attached hydrogens (tertiary/aromatic N) is 2. The molecule has 1 aliphatic heterocycles. The summed E-state index contributed by atoms with van der Waals surface area (Å²) in [6, 6.07) is 7.87. The second-order valence-corrected chi connectivity index (χ2v) is 7.60. The van der Waals surface area contributed by atoms with E-state index >= 15 is 0 Å². The molecule has 1 aliphatic rings. The van der Waals surface area contributed by atoms with Crippen LogP contribution < -0.4 is 9.47 Å². The lowest BCUT2D eigenvalue weighted by molar-refractivity contribution is -0.385. The number of nitro benzene ring substituents is 1. The zero-order chi connectivity index (χ0) is 23.4. The number of hydrogen-bond donors (Lipinski definition) is 0. The van der Waals surface area contributed by atoms with E-state index in [1.807, 2.05) is 20.8 Å². The van der Waals surface area contributed by atoms with Crippen molar-refractivity contribution in [3.8, 4) is 11.5 Å². The van der Waals surface area contributed by atoms with Crippen molar-refractivity contribution in [2.24, 2.45) is 4.99 Å². The minimum atomic E-state index is -0.669. The predicted octanol–water partition coefficient (Wildman–Crippen LogP) is 5.48. The zero-order valence-corrected chi connectivity index (χ0v) is 18.9. The van der Waals surface area contributed by atoms with Crippen LogP contribution in [0.2, 0.25) is 5.02 Å². The molecule has 0 saturated carbocycles. The molecular formula is C23H23ClN2O6. The van der Waals surface area contributed by atoms with E-state index in [1.165, 1.54) is 12.1 Å². The van der Waals surface area contributed by atoms with Crippen molar-refractivity contribution in [3.05, 3.63) is 67.9 Å². The van der Waals surface area contributed by atoms with E-state index in [9.17, 15) is 14.9 Å². The number of aliphatic imine (C=N–C) groups is 1. The van der Waals surface area contributed by atoms with Crippen LogP contribution >= 0.6 is 11.6 Å². The number of aryl methyl sites for hydroxylation is 1. The van der Waals surface area contributed by atoms with Gasteiger partial charge in [-0.1, -0.05) is 24.6 Å². The normalized spacial score (nSPS) is 15.3. The highest BCUT2D eigenvalue weighted by Crippen LogP contribution is 2.38. The summed E-state index contributed by atoms with van der Waals surface area (Å²) in [5.41, 5.74) is 1.37. The number of esters is 1. The number of rotatable bonds is 8. The first-order valence-corrected chi connectivity index (χ1v) is 10.5. The number of benzene rings is 2. The smallest absolute Gasteiger partial charge is 0.363 e. The summed E-state index contributed by atoms with van der Waals surface area (Å²) in [4.78, 5) is 27.3. The monoisotopic (exact) mass is 458 g/mol. The standard InChI is InChI=1S/C23H23ClN2O6/c1-5-14(4)31-21-17(24)9-15(11-20(21)30-6-2)10-18-23(27)32-22(25-18)16-8-7-13(3)19(12-16)26(28)29/h7-12,14H,5-6H2,1-4H3/b18-10-. The van der Waals surface area contributed by atoms with Gasteiger partial charge in [0, 0.05) is 17.2 Å². The lowest BCUT2D eigenvalue weighted by atomic mass is 10.1. The first-order chi connectivity index (χ1) is 15.2. The molecule has 0 fully saturated rings. The topological polar surface area (TPSA) is 100 Å². The van der Waals surface area contributed by atoms with Gasteiger partial charge >= 0.3 is 5.97 Å². The van der Waals surface area contributed by atoms with E-state index in [1.54, 1.807) is 31.2 Å². The summed E-state index contributed by atoms with van der Waals surface area (Å²) in [6.07, 6.45) is 2.26. The molecule has 0 N–H and O–H groups in total. The van der Waals surface area contributed by atoms with Gasteiger partial charge in [-0.05, 0) is 57.0 Å². The molecule has 1 atom stereocenters. The van der Waals surface area contributed by atoms with Gasteiger partial charge < -0.3 is 14.2 Å². The van der Waals surface area contributed by atoms with Crippen LogP contribution in [0, 0.1) is 17.0 Å². The van der Waals surface area contributed by atoms with Crippen LogP contribution in [0.1, 0.15) is 43.9 Å². The van der Waals surface area contributed by atoms with Crippen molar-refractivity contribution >= 4 is 35.2 Å². The molecule has 2 aromatic rings. The number of hydrogen-bond acceptors (Lipinski definition) is 7. The fourth-order valence-corrected chi connectivity index (χ4v) is 3.23. The number of cyclic esters (lactones) is 1. The van der Waals surface area contributed by atoms with Gasteiger partial charge in [0.25, 0.3) is 5.69 Å². The molecule has 0 aliphatic carbocycles. The minimum absolute atomic E-state index is 0.00259. The summed E-state index contributed by atoms with van der Waals surface area (Å²) in [5.74, 6) is 0.224. The molecule has 0 aromatic heterocycles. The summed E-state index contributed by atoms with van der Waals surface area (Å²) >= 11 is 6.43. The van der Waals surface area contributed by atoms with Gasteiger partial charge in [0.2, 0.25) is 5.90 Å². The van der Waals surface area contributed by atoms with Crippen molar-refractivity contribution in [1.29, 1.82) is 0 Å². The van der Waals surface area contributed by atoms with Crippen molar-refractivity contribution in [3.63, 3.8) is 0 Å². The van der Waals surface area contributed by atoms with Crippen LogP contribution in [0.4, 0.5) is 5.69 Å². The first kappa shape index (κ1) is 23.3. The number of carbonyl (C=O) groups excluding carboxylic acids is 1. The fourth-order valence-electron chi connectivity index (χ4n) is 2.96. The van der Waals surface area contributed by atoms with Crippen LogP contribution in [0.25, 0.3) is 6.08 Å². The third-order valence-electron chi connectivity index (χ3n) is 4.80. The van der Waals surface area contributed by atoms with E-state index in [0.717, 1.165) is 6.42 Å². The molecule has 0 radical (unpaired) electrons. The van der Waals surface area contributed by atoms with Gasteiger partial charge in [-0.2, -0.15) is 0 Å². The van der Waals surface area contributed by atoms with Gasteiger partial charge in [-0.3, -0.25) is 10.1 Å². The highest BCUT2D eigenvalue weighted by molar-refractivity contribution is 6.32. The largest absolute Gasteiger partial charge is 0.490 e. The number of halogens is 1. The Kier molecular flexibility index (Phi) is 7.15. The summed E-state index contributed by atoms with van der Waals surface area (Å²) in [6.45, 7) is 7.81. The van der Waals surface area contributed by atoms with Crippen molar-refractivity contribution < 1.29 is 23.9 Å². The SMILES string of the molecule is CCOc1cc(/C=C2\N=C(c3ccc(C)c([N+](=O)[O-])c3)OC2=O)cc(Cl)c1OC(C)CC. The maximum Gasteiger partial charge on any atom is 0.363 e. The molecular weight excluding hydrogens is 436 g/mol. The van der Waals surface area contributed by atoms with Gasteiger partial charge in [0.1, 0.15) is 0 Å². The molecule has 0 saturated heterocycles. The lowest BCUT2D eigenvalue weighted by Gasteiger charge is -2.18. The molecule has 2 aromatic carbocycles. The summed E-state index contributed by atoms with van der Waals surface area (Å²) < 4.78 is 16.8. The molecule has 0 spiro atoms. The van der Waals surface area contributed by atoms with Crippen molar-refractivity contribution in [2.45, 2.75) is 40.2 Å². The highest BCUT2D eigenvalue weighted by Gasteiger charge is 2.26. The molecule has 3 rings (SSSR count). The first-order valence-electron chi connectivity index (χ1n) is 10.1. The third kappa shape index (κ3) is 5.08. The Hall–Kier alpha value is -3.39. The van der Waals surface area contributed by atoms with Crippen LogP contribution in [-0.2, 0) is 9.53 Å². The second kappa shape index (κ2) is 9.82. The molecule has 32 heavy (non-hydrogen) atoms. The van der Waals surface area contributed by atoms with Crippen molar-refractivity contribution in [2.75, 3.05) is 6.61 Å². The molecule has 0 amide bonds. The lowest BCUT2D eigenvalue weighted by Crippen LogP contribution is -2.11. The fraction of sp³-hybridized carbons (Fsp3) is 0.304. The Morgan fingerprint density at radius 2 is 2.03 bits per heavy atom. The van der Waals surface area contributed by atoms with E-state index in [-0.39, 0.29) is 23.4 Å². The van der Waals surface area contributed by atoms with Gasteiger partial charge in [-0.25, -0.2) is 9.79 Å². The Morgan fingerprint density at radius 1 is 1.28 bits per heavy atom. The van der Waals surface area contributed by atoms with Crippen LogP contribution in [-0.4, -0.2) is 29.5 Å². The van der Waals surface area contributed by atoms with E-state index < -0.39 is 10.9 Å². The van der Waals surface area contributed by atoms with Gasteiger partial charge in [0.15, 0.2) is 17.2 Å². The zero-order valence-electron chi connectivity index (χ0n) is 18.2. The molecule has 0 bridgehead atoms. The number of ether oxygens (including phenoxy) is 3. The average Bonchev–Trinajstić information content (AvgIpc) is 3.10. The molecule has 8 nitrogen and oxygen atoms in total. The van der Waals surface area contributed by atoms with Gasteiger partial charge in [-0.15, -0.1) is 0 Å².